The average Bonchev–Trinajstić information content (AvgIpc) is 3.79. The van der Waals surface area contributed by atoms with E-state index in [0.29, 0.717) is 0 Å². The lowest BCUT2D eigenvalue weighted by Gasteiger charge is -2.25. The van der Waals surface area contributed by atoms with E-state index in [1.165, 1.54) is 0 Å². The Bertz CT molecular complexity index is 4360. The molecular weight excluding hydrogens is 1020 g/mol. The number of rotatable bonds is 3. The van der Waals surface area contributed by atoms with Crippen LogP contribution in [-0.2, 0) is 0 Å². The first-order valence-corrected chi connectivity index (χ1v) is 20.2. The van der Waals surface area contributed by atoms with E-state index < -0.39 is 259 Å². The molecule has 1 aromatic heterocycles. The Balaban J connectivity index is 1.47. The second-order valence-corrected chi connectivity index (χ2v) is 16.5. The Morgan fingerprint density at radius 1 is 0.120 bits per heavy atom. The van der Waals surface area contributed by atoms with Gasteiger partial charge in [0.15, 0.2) is 91.7 Å². The molecule has 0 radical (unpaired) electrons. The molecular formula is C46H28O29. The van der Waals surface area contributed by atoms with Crippen molar-refractivity contribution in [1.29, 1.82) is 0 Å². The molecule has 386 valence electrons. The maximum atomic E-state index is 12.3. The predicted molar refractivity (Wildman–Crippen MR) is 247 cm³/mol. The standard InChI is InChI=1S/C46H28O29/c47-17-7(27(57)35(65)28(58)10(17)9-18(48)11-13(26(56)25(9)55)31(61)42(72)40(70)29(11)59)1-3-5(23(53)38(68)36(66)21(3)51)2(6-4(1)22(52)37(67)39(69)24(6)54)8-19(49)16-15-20(50)12-14(32(62)43(73)41(71)30(12)60)34(64)45(15)75-46(16)44(74)33(8)63/h47-74H. The van der Waals surface area contributed by atoms with Crippen LogP contribution in [0.2, 0.25) is 0 Å². The summed E-state index contributed by atoms with van der Waals surface area (Å²) in [5, 5.41) is 301. The van der Waals surface area contributed by atoms with Crippen LogP contribution in [0.15, 0.2) is 4.42 Å². The van der Waals surface area contributed by atoms with Crippen LogP contribution in [0, 0.1) is 0 Å². The van der Waals surface area contributed by atoms with Gasteiger partial charge in [-0.1, -0.05) is 0 Å². The summed E-state index contributed by atoms with van der Waals surface area (Å²) in [4.78, 5) is 0. The SMILES string of the molecule is Oc1c(O)c(-c2c(O)c(O)c3c(O)c(O)c(O)c(O)c3c2O)c(O)c(-c2c3c(O)c(O)c(O)c(O)c3c(-c3c(O)c(O)c4oc5c(O)c6c(O)c(O)c(O)c(O)c6c(O)c5c4c3O)c3c(O)c(O)c(O)c(O)c23)c1O. The molecule has 9 aromatic carbocycles. The molecule has 0 aliphatic heterocycles. The van der Waals surface area contributed by atoms with Crippen LogP contribution in [0.4, 0.5) is 0 Å². The highest BCUT2D eigenvalue weighted by Gasteiger charge is 2.41. The van der Waals surface area contributed by atoms with Crippen LogP contribution < -0.4 is 0 Å². The molecule has 0 fully saturated rings. The summed E-state index contributed by atoms with van der Waals surface area (Å²) in [5.41, 5.74) is -11.5. The number of benzene rings is 9. The fourth-order valence-electron chi connectivity index (χ4n) is 9.48. The predicted octanol–water partition coefficient (Wildman–Crippen LogP) is 4.96. The number of phenolic OH excluding ortho intramolecular Hbond substituents is 28. The molecule has 10 rings (SSSR count). The van der Waals surface area contributed by atoms with E-state index >= 15 is 0 Å². The van der Waals surface area contributed by atoms with Crippen molar-refractivity contribution in [3.8, 4) is 194 Å². The van der Waals surface area contributed by atoms with Crippen LogP contribution in [0.3, 0.4) is 0 Å². The Kier molecular flexibility index (Phi) is 9.01. The third-order valence-corrected chi connectivity index (χ3v) is 12.9. The van der Waals surface area contributed by atoms with Gasteiger partial charge in [-0.2, -0.15) is 0 Å². The van der Waals surface area contributed by atoms with Crippen molar-refractivity contribution < 1.29 is 147 Å². The molecule has 0 aliphatic rings. The summed E-state index contributed by atoms with van der Waals surface area (Å²) in [6, 6.07) is 0. The summed E-state index contributed by atoms with van der Waals surface area (Å²) < 4.78 is 5.45. The molecule has 0 unspecified atom stereocenters. The highest BCUT2D eigenvalue weighted by atomic mass is 16.4. The van der Waals surface area contributed by atoms with Gasteiger partial charge in [0.25, 0.3) is 0 Å². The number of hydrogen-bond donors (Lipinski definition) is 28. The zero-order valence-electron chi connectivity index (χ0n) is 35.9. The highest BCUT2D eigenvalue weighted by molar-refractivity contribution is 6.33. The van der Waals surface area contributed by atoms with Gasteiger partial charge in [0.2, 0.25) is 57.5 Å². The number of hydrogen-bond acceptors (Lipinski definition) is 29. The number of fused-ring (bicyclic) bond motifs is 7. The number of phenols is 28. The lowest BCUT2D eigenvalue weighted by Crippen LogP contribution is -1.97. The maximum Gasteiger partial charge on any atom is 0.205 e. The summed E-state index contributed by atoms with van der Waals surface area (Å²) in [6.07, 6.45) is 0. The number of furan rings is 1. The summed E-state index contributed by atoms with van der Waals surface area (Å²) in [7, 11) is 0. The van der Waals surface area contributed by atoms with Crippen LogP contribution in [0.1, 0.15) is 0 Å². The molecule has 0 saturated heterocycles. The Morgan fingerprint density at radius 3 is 0.707 bits per heavy atom. The van der Waals surface area contributed by atoms with Gasteiger partial charge in [-0.25, -0.2) is 0 Å². The smallest absolute Gasteiger partial charge is 0.205 e. The molecule has 0 bridgehead atoms. The van der Waals surface area contributed by atoms with E-state index in [4.69, 9.17) is 4.42 Å². The Labute approximate surface area is 406 Å². The monoisotopic (exact) mass is 1040 g/mol. The summed E-state index contributed by atoms with van der Waals surface area (Å²) in [6.45, 7) is 0. The van der Waals surface area contributed by atoms with E-state index in [-0.39, 0.29) is 0 Å². The minimum atomic E-state index is -1.91. The van der Waals surface area contributed by atoms with Gasteiger partial charge in [-0.15, -0.1) is 0 Å². The lowest BCUT2D eigenvalue weighted by molar-refractivity contribution is 0.347. The molecule has 29 nitrogen and oxygen atoms in total. The normalized spacial score (nSPS) is 11.9. The topological polar surface area (TPSA) is 580 Å². The molecule has 28 N–H and O–H groups in total. The van der Waals surface area contributed by atoms with Gasteiger partial charge < -0.3 is 147 Å². The van der Waals surface area contributed by atoms with Gasteiger partial charge in [-0.3, -0.25) is 0 Å². The van der Waals surface area contributed by atoms with Crippen molar-refractivity contribution in [3.05, 3.63) is 0 Å². The molecule has 0 amide bonds. The van der Waals surface area contributed by atoms with Gasteiger partial charge in [0, 0.05) is 32.7 Å². The molecule has 10 aromatic rings. The second kappa shape index (κ2) is 14.4. The van der Waals surface area contributed by atoms with Crippen molar-refractivity contribution in [2.75, 3.05) is 0 Å². The van der Waals surface area contributed by atoms with Crippen molar-refractivity contribution in [2.45, 2.75) is 0 Å². The average molecular weight is 1040 g/mol. The van der Waals surface area contributed by atoms with Gasteiger partial charge in [0.1, 0.15) is 23.0 Å². The van der Waals surface area contributed by atoms with Crippen LogP contribution in [0.5, 0.6) is 161 Å². The minimum absolute atomic E-state index is 1.04. The quantitative estimate of drug-likeness (QED) is 0.0631. The van der Waals surface area contributed by atoms with Crippen LogP contribution in [-0.4, -0.2) is 143 Å². The third kappa shape index (κ3) is 5.20. The highest BCUT2D eigenvalue weighted by Crippen LogP contribution is 2.70. The van der Waals surface area contributed by atoms with E-state index in [2.05, 4.69) is 0 Å². The van der Waals surface area contributed by atoms with E-state index in [9.17, 15) is 143 Å². The maximum absolute atomic E-state index is 12.3. The second-order valence-electron chi connectivity index (χ2n) is 16.5. The molecule has 0 saturated carbocycles. The van der Waals surface area contributed by atoms with Crippen LogP contribution >= 0.6 is 0 Å². The molecule has 75 heavy (non-hydrogen) atoms. The molecule has 0 spiro atoms. The Hall–Kier alpha value is -11.8. The fraction of sp³-hybridized carbons (Fsp3) is 0. The molecule has 0 atom stereocenters. The molecule has 0 aliphatic carbocycles. The van der Waals surface area contributed by atoms with Crippen molar-refractivity contribution >= 4 is 65.0 Å². The van der Waals surface area contributed by atoms with E-state index in [1.807, 2.05) is 0 Å². The zero-order chi connectivity index (χ0) is 55.3. The number of aromatic hydroxyl groups is 28. The van der Waals surface area contributed by atoms with Gasteiger partial charge in [-0.05, 0) is 0 Å². The van der Waals surface area contributed by atoms with Crippen LogP contribution in [0.25, 0.3) is 98.4 Å². The van der Waals surface area contributed by atoms with E-state index in [1.54, 1.807) is 0 Å². The Morgan fingerprint density at radius 2 is 0.320 bits per heavy atom. The largest absolute Gasteiger partial charge is 0.506 e. The lowest BCUT2D eigenvalue weighted by atomic mass is 9.81. The van der Waals surface area contributed by atoms with Crippen molar-refractivity contribution in [1.82, 2.24) is 0 Å². The van der Waals surface area contributed by atoms with E-state index in [0.717, 1.165) is 0 Å². The van der Waals surface area contributed by atoms with Gasteiger partial charge >= 0.3 is 0 Å². The van der Waals surface area contributed by atoms with Gasteiger partial charge in [0.05, 0.1) is 54.6 Å². The third-order valence-electron chi connectivity index (χ3n) is 12.9. The fourth-order valence-corrected chi connectivity index (χ4v) is 9.48. The molecule has 1 heterocycles. The van der Waals surface area contributed by atoms with Crippen molar-refractivity contribution in [2.24, 2.45) is 0 Å². The minimum Gasteiger partial charge on any atom is -0.506 e. The molecule has 29 heteroatoms. The first-order valence-electron chi connectivity index (χ1n) is 20.2. The van der Waals surface area contributed by atoms with Crippen molar-refractivity contribution in [3.63, 3.8) is 0 Å². The zero-order valence-corrected chi connectivity index (χ0v) is 35.9. The summed E-state index contributed by atoms with van der Waals surface area (Å²) >= 11 is 0. The summed E-state index contributed by atoms with van der Waals surface area (Å²) in [5.74, 6) is -46.9. The first kappa shape index (κ1) is 46.9. The first-order chi connectivity index (χ1) is 35.0.